The van der Waals surface area contributed by atoms with E-state index in [-0.39, 0.29) is 26.4 Å². The van der Waals surface area contributed by atoms with Gasteiger partial charge in [-0.15, -0.1) is 0 Å². The van der Waals surface area contributed by atoms with E-state index in [2.05, 4.69) is 0 Å². The van der Waals surface area contributed by atoms with E-state index in [9.17, 15) is 30.6 Å². The fourth-order valence-electron chi connectivity index (χ4n) is 3.43. The van der Waals surface area contributed by atoms with Gasteiger partial charge in [-0.1, -0.05) is 0 Å². The van der Waals surface area contributed by atoms with Gasteiger partial charge in [0.2, 0.25) is 0 Å². The summed E-state index contributed by atoms with van der Waals surface area (Å²) in [5.41, 5.74) is 0. The molecule has 10 atom stereocenters. The van der Waals surface area contributed by atoms with Crippen LogP contribution in [0.3, 0.4) is 0 Å². The minimum Gasteiger partial charge on any atom is -0.394 e. The van der Waals surface area contributed by atoms with E-state index >= 15 is 0 Å². The van der Waals surface area contributed by atoms with Gasteiger partial charge in [0.1, 0.15) is 48.8 Å². The molecule has 0 aromatic carbocycles. The van der Waals surface area contributed by atoms with Crippen molar-refractivity contribution in [1.82, 2.24) is 0 Å². The van der Waals surface area contributed by atoms with Crippen LogP contribution < -0.4 is 0 Å². The van der Waals surface area contributed by atoms with Crippen LogP contribution in [0.15, 0.2) is 0 Å². The maximum Gasteiger partial charge on any atom is 0.187 e. The van der Waals surface area contributed by atoms with Crippen molar-refractivity contribution in [1.29, 1.82) is 0 Å². The quantitative estimate of drug-likeness (QED) is 0.257. The Hall–Kier alpha value is -0.480. The Bertz CT molecular complexity index is 439. The Kier molecular flexibility index (Phi) is 7.95. The van der Waals surface area contributed by atoms with Gasteiger partial charge in [0.25, 0.3) is 0 Å². The Morgan fingerprint density at radius 1 is 0.536 bits per heavy atom. The normalized spacial score (nSPS) is 48.6. The van der Waals surface area contributed by atoms with E-state index < -0.39 is 74.6 Å². The highest BCUT2D eigenvalue weighted by molar-refractivity contribution is 4.91. The standard InChI is InChI=1S/C16H28O12/c17-5-7-9(19)11(21)13-15(27-7)26-4-2-24-14-12(22)10(20)8(6-18)28-16(14)25-3-1-23-13/h7-22H,1-6H2/t7-,8-,9-,10-,11+,12+,13-,14-,15-,16+/m1/s1. The summed E-state index contributed by atoms with van der Waals surface area (Å²) in [6.45, 7) is -1.20. The van der Waals surface area contributed by atoms with Gasteiger partial charge in [0, 0.05) is 0 Å². The van der Waals surface area contributed by atoms with Crippen LogP contribution in [0.4, 0.5) is 0 Å². The second-order valence-corrected chi connectivity index (χ2v) is 6.83. The molecule has 3 saturated heterocycles. The molecule has 0 unspecified atom stereocenters. The Labute approximate surface area is 161 Å². The molecule has 6 N–H and O–H groups in total. The number of hydrogen-bond donors (Lipinski definition) is 6. The number of aliphatic hydroxyl groups excluding tert-OH is 6. The summed E-state index contributed by atoms with van der Waals surface area (Å²) in [5, 5.41) is 59.1. The Morgan fingerprint density at radius 3 is 1.25 bits per heavy atom. The van der Waals surface area contributed by atoms with Crippen LogP contribution in [0.25, 0.3) is 0 Å². The van der Waals surface area contributed by atoms with Crippen molar-refractivity contribution in [3.8, 4) is 0 Å². The first-order valence-electron chi connectivity index (χ1n) is 9.19. The summed E-state index contributed by atoms with van der Waals surface area (Å²) >= 11 is 0. The first kappa shape index (κ1) is 22.2. The average molecular weight is 412 g/mol. The van der Waals surface area contributed by atoms with E-state index in [1.165, 1.54) is 0 Å². The molecule has 0 bridgehead atoms. The largest absolute Gasteiger partial charge is 0.394 e. The summed E-state index contributed by atoms with van der Waals surface area (Å²) in [6.07, 6.45) is -11.7. The predicted octanol–water partition coefficient (Wildman–Crippen LogP) is -4.32. The van der Waals surface area contributed by atoms with E-state index in [0.29, 0.717) is 0 Å². The number of aliphatic hydroxyl groups is 6. The lowest BCUT2D eigenvalue weighted by Crippen LogP contribution is -2.61. The fourth-order valence-corrected chi connectivity index (χ4v) is 3.43. The van der Waals surface area contributed by atoms with Crippen molar-refractivity contribution in [2.24, 2.45) is 0 Å². The third kappa shape index (κ3) is 4.64. The monoisotopic (exact) mass is 412 g/mol. The highest BCUT2D eigenvalue weighted by atomic mass is 16.7. The van der Waals surface area contributed by atoms with Crippen molar-refractivity contribution >= 4 is 0 Å². The minimum atomic E-state index is -1.35. The molecule has 12 nitrogen and oxygen atoms in total. The molecule has 0 aliphatic carbocycles. The van der Waals surface area contributed by atoms with Crippen LogP contribution in [0, 0.1) is 0 Å². The molecule has 3 aliphatic heterocycles. The van der Waals surface area contributed by atoms with Gasteiger partial charge in [-0.2, -0.15) is 0 Å². The fraction of sp³-hybridized carbons (Fsp3) is 1.00. The molecule has 3 rings (SSSR count). The van der Waals surface area contributed by atoms with Crippen molar-refractivity contribution in [2.75, 3.05) is 39.6 Å². The van der Waals surface area contributed by atoms with Crippen LogP contribution in [-0.4, -0.2) is 132 Å². The Morgan fingerprint density at radius 2 is 0.893 bits per heavy atom. The molecule has 3 heterocycles. The molecule has 164 valence electrons. The first-order valence-corrected chi connectivity index (χ1v) is 9.19. The van der Waals surface area contributed by atoms with Gasteiger partial charge < -0.3 is 59.1 Å². The molecule has 0 radical (unpaired) electrons. The molecular formula is C16H28O12. The van der Waals surface area contributed by atoms with E-state index in [1.54, 1.807) is 0 Å². The topological polar surface area (TPSA) is 177 Å². The summed E-state index contributed by atoms with van der Waals surface area (Å²) in [4.78, 5) is 0. The third-order valence-electron chi connectivity index (χ3n) is 5.00. The van der Waals surface area contributed by atoms with E-state index in [1.807, 2.05) is 0 Å². The summed E-state index contributed by atoms with van der Waals surface area (Å²) in [5.74, 6) is 0. The number of fused-ring (bicyclic) bond motifs is 2. The van der Waals surface area contributed by atoms with Gasteiger partial charge in [-0.25, -0.2) is 0 Å². The predicted molar refractivity (Wildman–Crippen MR) is 86.9 cm³/mol. The second-order valence-electron chi connectivity index (χ2n) is 6.83. The lowest BCUT2D eigenvalue weighted by atomic mass is 9.99. The lowest BCUT2D eigenvalue weighted by Gasteiger charge is -2.43. The van der Waals surface area contributed by atoms with Gasteiger partial charge in [-0.05, 0) is 0 Å². The SMILES string of the molecule is OC[C@H]1O[C@H]2OCCO[C@H]3[C@@H](OCCO[C@@H]2[C@@H](O)[C@@H]1O)O[C@H](CO)[C@@H](O)[C@@H]3O. The maximum absolute atomic E-state index is 10.3. The number of hydrogen-bond acceptors (Lipinski definition) is 12. The summed E-state index contributed by atoms with van der Waals surface area (Å²) < 4.78 is 33.1. The van der Waals surface area contributed by atoms with Gasteiger partial charge in [0.15, 0.2) is 12.6 Å². The molecular weight excluding hydrogens is 384 g/mol. The molecule has 28 heavy (non-hydrogen) atoms. The highest BCUT2D eigenvalue weighted by Gasteiger charge is 2.47. The van der Waals surface area contributed by atoms with Crippen LogP contribution in [0.2, 0.25) is 0 Å². The zero-order valence-corrected chi connectivity index (χ0v) is 15.1. The van der Waals surface area contributed by atoms with Crippen LogP contribution >= 0.6 is 0 Å². The average Bonchev–Trinajstić information content (AvgIpc) is 2.69. The van der Waals surface area contributed by atoms with Crippen LogP contribution in [-0.2, 0) is 28.4 Å². The Balaban J connectivity index is 1.66. The molecule has 0 aromatic rings. The first-order chi connectivity index (χ1) is 13.5. The third-order valence-corrected chi connectivity index (χ3v) is 5.00. The van der Waals surface area contributed by atoms with Gasteiger partial charge in [-0.3, -0.25) is 0 Å². The smallest absolute Gasteiger partial charge is 0.187 e. The van der Waals surface area contributed by atoms with Crippen LogP contribution in [0.1, 0.15) is 0 Å². The molecule has 12 heteroatoms. The van der Waals surface area contributed by atoms with Gasteiger partial charge in [0.05, 0.1) is 39.6 Å². The lowest BCUT2D eigenvalue weighted by molar-refractivity contribution is -0.334. The number of ether oxygens (including phenoxy) is 6. The molecule has 0 amide bonds. The van der Waals surface area contributed by atoms with Crippen molar-refractivity contribution in [2.45, 2.75) is 61.4 Å². The van der Waals surface area contributed by atoms with Crippen molar-refractivity contribution in [3.05, 3.63) is 0 Å². The van der Waals surface area contributed by atoms with Gasteiger partial charge >= 0.3 is 0 Å². The molecule has 0 saturated carbocycles. The zero-order valence-electron chi connectivity index (χ0n) is 15.1. The maximum atomic E-state index is 10.3. The van der Waals surface area contributed by atoms with E-state index in [0.717, 1.165) is 0 Å². The van der Waals surface area contributed by atoms with Crippen molar-refractivity contribution in [3.63, 3.8) is 0 Å². The number of rotatable bonds is 2. The molecule has 3 aliphatic rings. The van der Waals surface area contributed by atoms with Crippen molar-refractivity contribution < 1.29 is 59.1 Å². The molecule has 3 fully saturated rings. The molecule has 0 aromatic heterocycles. The minimum absolute atomic E-state index is 0.0407. The zero-order chi connectivity index (χ0) is 20.3. The van der Waals surface area contributed by atoms with E-state index in [4.69, 9.17) is 28.4 Å². The summed E-state index contributed by atoms with van der Waals surface area (Å²) in [6, 6.07) is 0. The van der Waals surface area contributed by atoms with Crippen LogP contribution in [0.5, 0.6) is 0 Å². The second kappa shape index (κ2) is 10.0. The highest BCUT2D eigenvalue weighted by Crippen LogP contribution is 2.27. The molecule has 0 spiro atoms. The summed E-state index contributed by atoms with van der Waals surface area (Å²) in [7, 11) is 0.